The molecule has 1 rings (SSSR count). The van der Waals surface area contributed by atoms with Crippen LogP contribution in [0.2, 0.25) is 0 Å². The molecular formula is C8H12N2OS. The summed E-state index contributed by atoms with van der Waals surface area (Å²) in [5, 5.41) is 7.65. The van der Waals surface area contributed by atoms with Crippen molar-refractivity contribution in [2.75, 3.05) is 20.1 Å². The predicted octanol–water partition coefficient (Wildman–Crippen LogP) is 0.697. The molecule has 0 bridgehead atoms. The number of carbonyl (C=O) groups is 1. The van der Waals surface area contributed by atoms with Crippen LogP contribution in [0.3, 0.4) is 0 Å². The molecule has 0 unspecified atom stereocenters. The highest BCUT2D eigenvalue weighted by Crippen LogP contribution is 2.07. The van der Waals surface area contributed by atoms with E-state index in [0.717, 1.165) is 11.4 Å². The van der Waals surface area contributed by atoms with Gasteiger partial charge in [0, 0.05) is 13.1 Å². The molecule has 66 valence electrons. The molecule has 4 heteroatoms. The Labute approximate surface area is 75.8 Å². The fraction of sp³-hybridized carbons (Fsp3) is 0.375. The summed E-state index contributed by atoms with van der Waals surface area (Å²) in [6.07, 6.45) is 0. The number of carbonyl (C=O) groups excluding carboxylic acids is 1. The van der Waals surface area contributed by atoms with Crippen LogP contribution in [-0.4, -0.2) is 26.0 Å². The smallest absolute Gasteiger partial charge is 0.261 e. The molecule has 0 saturated heterocycles. The van der Waals surface area contributed by atoms with Crippen molar-refractivity contribution in [3.8, 4) is 0 Å². The minimum Gasteiger partial charge on any atom is -0.350 e. The molecule has 0 aliphatic heterocycles. The summed E-state index contributed by atoms with van der Waals surface area (Å²) in [6, 6.07) is 3.69. The van der Waals surface area contributed by atoms with E-state index in [9.17, 15) is 4.79 Å². The van der Waals surface area contributed by atoms with Crippen molar-refractivity contribution in [3.05, 3.63) is 22.4 Å². The monoisotopic (exact) mass is 184 g/mol. The molecule has 12 heavy (non-hydrogen) atoms. The standard InChI is InChI=1S/C8H12N2OS/c1-9-4-5-10-8(11)7-3-2-6-12-7/h2-3,6,9H,4-5H2,1H3,(H,10,11). The van der Waals surface area contributed by atoms with Gasteiger partial charge in [0.2, 0.25) is 0 Å². The van der Waals surface area contributed by atoms with Gasteiger partial charge >= 0.3 is 0 Å². The molecule has 1 aromatic rings. The minimum absolute atomic E-state index is 0.0141. The Morgan fingerprint density at radius 3 is 3.00 bits per heavy atom. The van der Waals surface area contributed by atoms with Gasteiger partial charge in [-0.3, -0.25) is 4.79 Å². The van der Waals surface area contributed by atoms with E-state index in [2.05, 4.69) is 10.6 Å². The third kappa shape index (κ3) is 2.64. The third-order valence-electron chi connectivity index (χ3n) is 1.41. The molecule has 0 saturated carbocycles. The highest BCUT2D eigenvalue weighted by atomic mass is 32.1. The summed E-state index contributed by atoms with van der Waals surface area (Å²) < 4.78 is 0. The van der Waals surface area contributed by atoms with Crippen molar-refractivity contribution in [3.63, 3.8) is 0 Å². The van der Waals surface area contributed by atoms with E-state index < -0.39 is 0 Å². The molecule has 0 aliphatic carbocycles. The first kappa shape index (κ1) is 9.22. The van der Waals surface area contributed by atoms with E-state index in [-0.39, 0.29) is 5.91 Å². The Bertz CT molecular complexity index is 233. The highest BCUT2D eigenvalue weighted by Gasteiger charge is 2.03. The van der Waals surface area contributed by atoms with Crippen LogP contribution in [0.15, 0.2) is 17.5 Å². The zero-order chi connectivity index (χ0) is 8.81. The normalized spacial score (nSPS) is 9.75. The van der Waals surface area contributed by atoms with Crippen LogP contribution >= 0.6 is 11.3 Å². The van der Waals surface area contributed by atoms with Crippen LogP contribution in [0.4, 0.5) is 0 Å². The summed E-state index contributed by atoms with van der Waals surface area (Å²) in [5.74, 6) is 0.0141. The fourth-order valence-electron chi connectivity index (χ4n) is 0.796. The average molecular weight is 184 g/mol. The predicted molar refractivity (Wildman–Crippen MR) is 50.6 cm³/mol. The van der Waals surface area contributed by atoms with Crippen LogP contribution in [0, 0.1) is 0 Å². The second kappa shape index (κ2) is 4.90. The van der Waals surface area contributed by atoms with Crippen molar-refractivity contribution in [2.24, 2.45) is 0 Å². The third-order valence-corrected chi connectivity index (χ3v) is 2.27. The summed E-state index contributed by atoms with van der Waals surface area (Å²) in [4.78, 5) is 12.0. The molecule has 0 radical (unpaired) electrons. The summed E-state index contributed by atoms with van der Waals surface area (Å²) >= 11 is 1.46. The summed E-state index contributed by atoms with van der Waals surface area (Å²) in [7, 11) is 1.86. The van der Waals surface area contributed by atoms with E-state index in [0.29, 0.717) is 6.54 Å². The fourth-order valence-corrected chi connectivity index (χ4v) is 1.44. The zero-order valence-electron chi connectivity index (χ0n) is 6.96. The first-order valence-corrected chi connectivity index (χ1v) is 4.69. The van der Waals surface area contributed by atoms with Crippen molar-refractivity contribution in [1.29, 1.82) is 0 Å². The number of hydrogen-bond acceptors (Lipinski definition) is 3. The molecule has 2 N–H and O–H groups in total. The number of amides is 1. The number of hydrogen-bond donors (Lipinski definition) is 2. The van der Waals surface area contributed by atoms with Gasteiger partial charge in [-0.15, -0.1) is 11.3 Å². The maximum Gasteiger partial charge on any atom is 0.261 e. The zero-order valence-corrected chi connectivity index (χ0v) is 7.78. The topological polar surface area (TPSA) is 41.1 Å². The lowest BCUT2D eigenvalue weighted by molar-refractivity contribution is 0.0958. The van der Waals surface area contributed by atoms with Gasteiger partial charge in [-0.2, -0.15) is 0 Å². The van der Waals surface area contributed by atoms with Crippen molar-refractivity contribution in [2.45, 2.75) is 0 Å². The molecule has 3 nitrogen and oxygen atoms in total. The van der Waals surface area contributed by atoms with E-state index >= 15 is 0 Å². The van der Waals surface area contributed by atoms with Gasteiger partial charge in [-0.25, -0.2) is 0 Å². The van der Waals surface area contributed by atoms with Gasteiger partial charge in [-0.1, -0.05) is 6.07 Å². The lowest BCUT2D eigenvalue weighted by Crippen LogP contribution is -2.29. The quantitative estimate of drug-likeness (QED) is 0.676. The molecule has 0 atom stereocenters. The van der Waals surface area contributed by atoms with Crippen LogP contribution < -0.4 is 10.6 Å². The Morgan fingerprint density at radius 1 is 1.58 bits per heavy atom. The summed E-state index contributed by atoms with van der Waals surface area (Å²) in [5.41, 5.74) is 0. The van der Waals surface area contributed by atoms with Gasteiger partial charge < -0.3 is 10.6 Å². The maximum atomic E-state index is 11.3. The second-order valence-corrected chi connectivity index (χ2v) is 3.28. The molecule has 1 heterocycles. The number of nitrogens with one attached hydrogen (secondary N) is 2. The molecule has 1 amide bonds. The van der Waals surface area contributed by atoms with Gasteiger partial charge in [-0.05, 0) is 18.5 Å². The van der Waals surface area contributed by atoms with Gasteiger partial charge in [0.15, 0.2) is 0 Å². The summed E-state index contributed by atoms with van der Waals surface area (Å²) in [6.45, 7) is 1.48. The van der Waals surface area contributed by atoms with Crippen LogP contribution in [0.1, 0.15) is 9.67 Å². The van der Waals surface area contributed by atoms with Crippen molar-refractivity contribution >= 4 is 17.2 Å². The Hall–Kier alpha value is -0.870. The van der Waals surface area contributed by atoms with Crippen LogP contribution in [0.5, 0.6) is 0 Å². The number of likely N-dealkylation sites (N-methyl/N-ethyl adjacent to an activating group) is 1. The number of rotatable bonds is 4. The van der Waals surface area contributed by atoms with Gasteiger partial charge in [0.1, 0.15) is 0 Å². The van der Waals surface area contributed by atoms with E-state index in [4.69, 9.17) is 0 Å². The molecule has 0 fully saturated rings. The van der Waals surface area contributed by atoms with Gasteiger partial charge in [0.05, 0.1) is 4.88 Å². The molecule has 0 aliphatic rings. The lowest BCUT2D eigenvalue weighted by Gasteiger charge is -2.01. The molecular weight excluding hydrogens is 172 g/mol. The van der Waals surface area contributed by atoms with E-state index in [1.807, 2.05) is 24.6 Å². The van der Waals surface area contributed by atoms with Crippen LogP contribution in [0.25, 0.3) is 0 Å². The van der Waals surface area contributed by atoms with Gasteiger partial charge in [0.25, 0.3) is 5.91 Å². The second-order valence-electron chi connectivity index (χ2n) is 2.34. The first-order valence-electron chi connectivity index (χ1n) is 3.81. The van der Waals surface area contributed by atoms with E-state index in [1.54, 1.807) is 0 Å². The first-order chi connectivity index (χ1) is 5.84. The Kier molecular flexibility index (Phi) is 3.76. The maximum absolute atomic E-state index is 11.3. The van der Waals surface area contributed by atoms with Crippen LogP contribution in [-0.2, 0) is 0 Å². The Morgan fingerprint density at radius 2 is 2.42 bits per heavy atom. The van der Waals surface area contributed by atoms with Crippen molar-refractivity contribution < 1.29 is 4.79 Å². The number of thiophene rings is 1. The highest BCUT2D eigenvalue weighted by molar-refractivity contribution is 7.12. The van der Waals surface area contributed by atoms with Crippen molar-refractivity contribution in [1.82, 2.24) is 10.6 Å². The SMILES string of the molecule is CNCCNC(=O)c1cccs1. The minimum atomic E-state index is 0.0141. The average Bonchev–Trinajstić information content (AvgIpc) is 2.56. The largest absolute Gasteiger partial charge is 0.350 e. The lowest BCUT2D eigenvalue weighted by atomic mass is 10.4. The molecule has 1 aromatic heterocycles. The van der Waals surface area contributed by atoms with E-state index in [1.165, 1.54) is 11.3 Å². The molecule has 0 aromatic carbocycles. The molecule has 0 spiro atoms. The Balaban J connectivity index is 2.30.